The van der Waals surface area contributed by atoms with Gasteiger partial charge in [-0.2, -0.15) is 0 Å². The molecule has 0 aliphatic heterocycles. The summed E-state index contributed by atoms with van der Waals surface area (Å²) in [5.41, 5.74) is 2.21. The number of rotatable bonds is 6. The molecule has 0 saturated carbocycles. The molecule has 4 aromatic rings. The summed E-state index contributed by atoms with van der Waals surface area (Å²) in [5.74, 6) is 0.0850. The molecule has 2 aromatic carbocycles. The van der Waals surface area contributed by atoms with Gasteiger partial charge in [-0.3, -0.25) is 9.59 Å². The van der Waals surface area contributed by atoms with Gasteiger partial charge in [0.1, 0.15) is 17.1 Å². The second-order valence-electron chi connectivity index (χ2n) is 6.74. The van der Waals surface area contributed by atoms with Crippen molar-refractivity contribution < 1.29 is 13.9 Å². The average Bonchev–Trinajstić information content (AvgIpc) is 3.20. The van der Waals surface area contributed by atoms with E-state index in [4.69, 9.17) is 4.74 Å². The second-order valence-corrected chi connectivity index (χ2v) is 6.74. The van der Waals surface area contributed by atoms with E-state index in [0.717, 1.165) is 5.52 Å². The van der Waals surface area contributed by atoms with Crippen LogP contribution in [0.2, 0.25) is 0 Å². The number of fused-ring (bicyclic) bond motifs is 3. The summed E-state index contributed by atoms with van der Waals surface area (Å²) in [6.45, 7) is 0.312. The molecule has 29 heavy (non-hydrogen) atoms. The Morgan fingerprint density at radius 3 is 2.76 bits per heavy atom. The Labute approximate surface area is 166 Å². The number of hydrogen-bond donors (Lipinski definition) is 1. The van der Waals surface area contributed by atoms with Gasteiger partial charge in [0.05, 0.1) is 18.1 Å². The van der Waals surface area contributed by atoms with Crippen molar-refractivity contribution in [3.8, 4) is 5.75 Å². The van der Waals surface area contributed by atoms with E-state index in [1.807, 2.05) is 0 Å². The third-order valence-corrected chi connectivity index (χ3v) is 4.84. The van der Waals surface area contributed by atoms with Crippen LogP contribution in [0.1, 0.15) is 12.8 Å². The van der Waals surface area contributed by atoms with E-state index in [0.29, 0.717) is 35.4 Å². The summed E-state index contributed by atoms with van der Waals surface area (Å²) >= 11 is 0. The van der Waals surface area contributed by atoms with E-state index in [1.54, 1.807) is 60.2 Å². The van der Waals surface area contributed by atoms with Gasteiger partial charge in [-0.1, -0.05) is 6.07 Å². The van der Waals surface area contributed by atoms with Gasteiger partial charge in [-0.25, -0.2) is 4.39 Å². The lowest BCUT2D eigenvalue weighted by atomic mass is 10.2. The highest BCUT2D eigenvalue weighted by atomic mass is 19.1. The lowest BCUT2D eigenvalue weighted by Gasteiger charge is -2.13. The maximum atomic E-state index is 13.8. The number of nitrogens with one attached hydrogen (secondary N) is 1. The van der Waals surface area contributed by atoms with Gasteiger partial charge in [-0.15, -0.1) is 0 Å². The molecule has 0 aliphatic rings. The van der Waals surface area contributed by atoms with E-state index >= 15 is 0 Å². The zero-order chi connectivity index (χ0) is 20.4. The lowest BCUT2D eigenvalue weighted by Crippen LogP contribution is -2.23. The fourth-order valence-corrected chi connectivity index (χ4v) is 3.47. The van der Waals surface area contributed by atoms with Crippen molar-refractivity contribution in [3.63, 3.8) is 0 Å². The Morgan fingerprint density at radius 2 is 1.93 bits per heavy atom. The van der Waals surface area contributed by atoms with Crippen molar-refractivity contribution in [2.24, 2.45) is 0 Å². The Balaban J connectivity index is 1.53. The molecular formula is C22H20FN3O3. The predicted octanol–water partition coefficient (Wildman–Crippen LogP) is 3.82. The minimum Gasteiger partial charge on any atom is -0.497 e. The molecule has 0 spiro atoms. The van der Waals surface area contributed by atoms with E-state index in [-0.39, 0.29) is 17.9 Å². The number of anilines is 1. The molecule has 2 heterocycles. The molecule has 7 heteroatoms. The van der Waals surface area contributed by atoms with Crippen LogP contribution < -0.4 is 15.6 Å². The van der Waals surface area contributed by atoms with Gasteiger partial charge >= 0.3 is 0 Å². The largest absolute Gasteiger partial charge is 0.497 e. The van der Waals surface area contributed by atoms with Crippen LogP contribution in [0.3, 0.4) is 0 Å². The number of amides is 1. The summed E-state index contributed by atoms with van der Waals surface area (Å²) in [6, 6.07) is 15.0. The molecular weight excluding hydrogens is 373 g/mol. The van der Waals surface area contributed by atoms with Crippen LogP contribution in [0.15, 0.2) is 65.6 Å². The van der Waals surface area contributed by atoms with Crippen molar-refractivity contribution in [1.29, 1.82) is 0 Å². The number of nitrogens with zero attached hydrogens (tertiary/aromatic N) is 2. The van der Waals surface area contributed by atoms with Gasteiger partial charge in [0, 0.05) is 30.9 Å². The molecule has 0 fully saturated rings. The Hall–Kier alpha value is -3.61. The number of carbonyl (C=O) groups is 1. The minimum absolute atomic E-state index is 0.162. The average molecular weight is 393 g/mol. The Kier molecular flexibility index (Phi) is 5.03. The molecule has 0 atom stereocenters. The van der Waals surface area contributed by atoms with Gasteiger partial charge in [0.2, 0.25) is 5.91 Å². The highest BCUT2D eigenvalue weighted by Gasteiger charge is 2.12. The smallest absolute Gasteiger partial charge is 0.275 e. The van der Waals surface area contributed by atoms with Crippen molar-refractivity contribution in [1.82, 2.24) is 8.97 Å². The van der Waals surface area contributed by atoms with Gasteiger partial charge in [0.25, 0.3) is 5.56 Å². The highest BCUT2D eigenvalue weighted by Crippen LogP contribution is 2.19. The van der Waals surface area contributed by atoms with Gasteiger partial charge < -0.3 is 19.0 Å². The molecule has 2 aromatic heterocycles. The van der Waals surface area contributed by atoms with Crippen LogP contribution in [-0.4, -0.2) is 22.0 Å². The summed E-state index contributed by atoms with van der Waals surface area (Å²) < 4.78 is 22.3. The normalized spacial score (nSPS) is 11.1. The predicted molar refractivity (Wildman–Crippen MR) is 110 cm³/mol. The maximum Gasteiger partial charge on any atom is 0.275 e. The van der Waals surface area contributed by atoms with Crippen molar-refractivity contribution in [2.45, 2.75) is 19.4 Å². The van der Waals surface area contributed by atoms with Crippen molar-refractivity contribution in [2.75, 3.05) is 12.4 Å². The maximum absolute atomic E-state index is 13.8. The standard InChI is InChI=1S/C22H20FN3O3/c1-29-17-6-2-5-16(14-17)24-21(27)8-4-12-26-20-13-15(23)9-10-18(20)25-11-3-7-19(25)22(26)28/h2-3,5-7,9-11,13-14H,4,8,12H2,1H3,(H,24,27). The number of aryl methyl sites for hydroxylation is 1. The lowest BCUT2D eigenvalue weighted by molar-refractivity contribution is -0.116. The molecule has 4 rings (SSSR count). The Bertz CT molecular complexity index is 1260. The van der Waals surface area contributed by atoms with Gasteiger partial charge in [0.15, 0.2) is 0 Å². The summed E-state index contributed by atoms with van der Waals surface area (Å²) in [6.07, 6.45) is 2.45. The zero-order valence-corrected chi connectivity index (χ0v) is 15.9. The van der Waals surface area contributed by atoms with Crippen LogP contribution in [0.25, 0.3) is 16.6 Å². The SMILES string of the molecule is COc1cccc(NC(=O)CCCn2c(=O)c3cccn3c3ccc(F)cc32)c1. The fourth-order valence-electron chi connectivity index (χ4n) is 3.47. The Morgan fingerprint density at radius 1 is 1.07 bits per heavy atom. The highest BCUT2D eigenvalue weighted by molar-refractivity contribution is 5.90. The topological polar surface area (TPSA) is 64.7 Å². The van der Waals surface area contributed by atoms with Crippen molar-refractivity contribution >= 4 is 28.1 Å². The molecule has 0 unspecified atom stereocenters. The van der Waals surface area contributed by atoms with E-state index in [1.165, 1.54) is 16.7 Å². The molecule has 0 aliphatic carbocycles. The van der Waals surface area contributed by atoms with E-state index in [9.17, 15) is 14.0 Å². The van der Waals surface area contributed by atoms with Crippen LogP contribution in [0.5, 0.6) is 5.75 Å². The molecule has 6 nitrogen and oxygen atoms in total. The van der Waals surface area contributed by atoms with Gasteiger partial charge in [-0.05, 0) is 48.9 Å². The molecule has 0 bridgehead atoms. The van der Waals surface area contributed by atoms with E-state index < -0.39 is 5.82 Å². The van der Waals surface area contributed by atoms with E-state index in [2.05, 4.69) is 5.32 Å². The van der Waals surface area contributed by atoms with Crippen LogP contribution in [-0.2, 0) is 11.3 Å². The van der Waals surface area contributed by atoms with Crippen LogP contribution in [0, 0.1) is 5.82 Å². The first kappa shape index (κ1) is 18.7. The first-order valence-corrected chi connectivity index (χ1v) is 9.30. The fraction of sp³-hybridized carbons (Fsp3) is 0.182. The molecule has 1 N–H and O–H groups in total. The molecule has 1 amide bonds. The third kappa shape index (κ3) is 3.71. The summed E-state index contributed by atoms with van der Waals surface area (Å²) in [7, 11) is 1.56. The first-order valence-electron chi connectivity index (χ1n) is 9.30. The number of aromatic nitrogens is 2. The van der Waals surface area contributed by atoms with Crippen LogP contribution >= 0.6 is 0 Å². The number of benzene rings is 2. The first-order chi connectivity index (χ1) is 14.1. The number of methoxy groups -OCH3 is 1. The molecule has 148 valence electrons. The number of ether oxygens (including phenoxy) is 1. The minimum atomic E-state index is -0.409. The third-order valence-electron chi connectivity index (χ3n) is 4.84. The second kappa shape index (κ2) is 7.79. The summed E-state index contributed by atoms with van der Waals surface area (Å²) in [4.78, 5) is 25.1. The number of carbonyl (C=O) groups excluding carboxylic acids is 1. The van der Waals surface area contributed by atoms with Crippen molar-refractivity contribution in [3.05, 3.63) is 77.0 Å². The summed E-state index contributed by atoms with van der Waals surface area (Å²) in [5, 5.41) is 2.82. The monoisotopic (exact) mass is 393 g/mol. The molecule has 0 saturated heterocycles. The zero-order valence-electron chi connectivity index (χ0n) is 15.9. The van der Waals surface area contributed by atoms with Crippen LogP contribution in [0.4, 0.5) is 10.1 Å². The quantitative estimate of drug-likeness (QED) is 0.542. The molecule has 0 radical (unpaired) electrons. The number of halogens is 1. The number of hydrogen-bond acceptors (Lipinski definition) is 3.